The smallest absolute Gasteiger partial charge is 0.0646 e. The van der Waals surface area contributed by atoms with Crippen molar-refractivity contribution in [3.63, 3.8) is 0 Å². The molecule has 5 aliphatic rings. The average Bonchev–Trinajstić information content (AvgIpc) is 2.37. The summed E-state index contributed by atoms with van der Waals surface area (Å²) in [5, 5.41) is 11.0. The third-order valence-corrected chi connectivity index (χ3v) is 6.36. The fourth-order valence-corrected chi connectivity index (χ4v) is 6.05. The molecule has 1 heterocycles. The summed E-state index contributed by atoms with van der Waals surface area (Å²) in [5.41, 5.74) is 0.292. The molecule has 0 aromatic heterocycles. The Kier molecular flexibility index (Phi) is 2.74. The van der Waals surface area contributed by atoms with Gasteiger partial charge in [0.15, 0.2) is 0 Å². The van der Waals surface area contributed by atoms with E-state index in [2.05, 4.69) is 0 Å². The molecule has 1 saturated heterocycles. The van der Waals surface area contributed by atoms with Crippen molar-refractivity contribution in [2.45, 2.75) is 57.5 Å². The molecule has 102 valence electrons. The Hall–Kier alpha value is -0.0800. The number of aliphatic hydroxyl groups is 1. The lowest BCUT2D eigenvalue weighted by atomic mass is 9.47. The highest BCUT2D eigenvalue weighted by Crippen LogP contribution is 2.62. The summed E-state index contributed by atoms with van der Waals surface area (Å²) < 4.78 is 5.61. The van der Waals surface area contributed by atoms with E-state index in [1.807, 2.05) is 0 Å². The topological polar surface area (TPSA) is 29.5 Å². The maximum atomic E-state index is 11.0. The first-order valence-electron chi connectivity index (χ1n) is 8.01. The first kappa shape index (κ1) is 11.7. The van der Waals surface area contributed by atoms with E-state index < -0.39 is 0 Å². The number of ether oxygens (including phenoxy) is 1. The Morgan fingerprint density at radius 1 is 1.00 bits per heavy atom. The Balaban J connectivity index is 1.55. The van der Waals surface area contributed by atoms with Crippen molar-refractivity contribution in [3.05, 3.63) is 0 Å². The van der Waals surface area contributed by atoms with Gasteiger partial charge in [-0.1, -0.05) is 0 Å². The van der Waals surface area contributed by atoms with Gasteiger partial charge in [0, 0.05) is 12.5 Å². The van der Waals surface area contributed by atoms with Gasteiger partial charge in [-0.3, -0.25) is 0 Å². The molecule has 4 bridgehead atoms. The first-order valence-corrected chi connectivity index (χ1v) is 8.01. The SMILES string of the molecule is OC(C1CCCOC1)C12CC3CC(CC(C3)C1)C2. The molecule has 4 aliphatic carbocycles. The summed E-state index contributed by atoms with van der Waals surface area (Å²) in [5.74, 6) is 3.25. The summed E-state index contributed by atoms with van der Waals surface area (Å²) in [4.78, 5) is 0. The van der Waals surface area contributed by atoms with Crippen molar-refractivity contribution in [2.24, 2.45) is 29.1 Å². The van der Waals surface area contributed by atoms with Crippen LogP contribution in [0.4, 0.5) is 0 Å². The standard InChI is InChI=1S/C16H26O2/c17-15(14-2-1-3-18-10-14)16-7-11-4-12(8-16)6-13(5-11)9-16/h11-15,17H,1-10H2. The van der Waals surface area contributed by atoms with Crippen molar-refractivity contribution in [2.75, 3.05) is 13.2 Å². The fraction of sp³-hybridized carbons (Fsp3) is 1.00. The minimum atomic E-state index is -0.0776. The third-order valence-electron chi connectivity index (χ3n) is 6.36. The summed E-state index contributed by atoms with van der Waals surface area (Å²) in [6.45, 7) is 1.72. The van der Waals surface area contributed by atoms with E-state index in [9.17, 15) is 5.11 Å². The van der Waals surface area contributed by atoms with E-state index in [0.29, 0.717) is 11.3 Å². The molecular weight excluding hydrogens is 224 g/mol. The third kappa shape index (κ3) is 1.76. The van der Waals surface area contributed by atoms with E-state index in [-0.39, 0.29) is 6.10 Å². The van der Waals surface area contributed by atoms with Crippen LogP contribution in [-0.2, 0) is 4.74 Å². The second kappa shape index (κ2) is 4.21. The van der Waals surface area contributed by atoms with Crippen LogP contribution in [-0.4, -0.2) is 24.4 Å². The summed E-state index contributed by atoms with van der Waals surface area (Å²) in [6.07, 6.45) is 10.6. The van der Waals surface area contributed by atoms with Crippen molar-refractivity contribution in [3.8, 4) is 0 Å². The van der Waals surface area contributed by atoms with Gasteiger partial charge in [-0.05, 0) is 74.5 Å². The second-order valence-corrected chi connectivity index (χ2v) is 7.70. The molecule has 2 nitrogen and oxygen atoms in total. The van der Waals surface area contributed by atoms with E-state index >= 15 is 0 Å². The van der Waals surface area contributed by atoms with E-state index in [0.717, 1.165) is 37.4 Å². The Labute approximate surface area is 110 Å². The zero-order valence-corrected chi connectivity index (χ0v) is 11.3. The van der Waals surface area contributed by atoms with E-state index in [4.69, 9.17) is 4.74 Å². The summed E-state index contributed by atoms with van der Waals surface area (Å²) in [7, 11) is 0. The zero-order chi connectivity index (χ0) is 12.2. The minimum absolute atomic E-state index is 0.0776. The fourth-order valence-electron chi connectivity index (χ4n) is 6.05. The highest BCUT2D eigenvalue weighted by molar-refractivity contribution is 5.05. The van der Waals surface area contributed by atoms with Crippen LogP contribution in [0.5, 0.6) is 0 Å². The Morgan fingerprint density at radius 2 is 1.61 bits per heavy atom. The second-order valence-electron chi connectivity index (χ2n) is 7.70. The van der Waals surface area contributed by atoms with Gasteiger partial charge in [-0.15, -0.1) is 0 Å². The van der Waals surface area contributed by atoms with Gasteiger partial charge >= 0.3 is 0 Å². The molecular formula is C16H26O2. The predicted octanol–water partition coefficient (Wildman–Crippen LogP) is 2.99. The van der Waals surface area contributed by atoms with Crippen molar-refractivity contribution < 1.29 is 9.84 Å². The van der Waals surface area contributed by atoms with Crippen LogP contribution in [0.15, 0.2) is 0 Å². The van der Waals surface area contributed by atoms with Gasteiger partial charge in [0.25, 0.3) is 0 Å². The molecule has 4 saturated carbocycles. The number of aliphatic hydroxyl groups excluding tert-OH is 1. The molecule has 0 aromatic carbocycles. The number of hydrogen-bond acceptors (Lipinski definition) is 2. The molecule has 5 fully saturated rings. The molecule has 18 heavy (non-hydrogen) atoms. The molecule has 2 unspecified atom stereocenters. The van der Waals surface area contributed by atoms with Crippen LogP contribution in [0.1, 0.15) is 51.4 Å². The largest absolute Gasteiger partial charge is 0.392 e. The predicted molar refractivity (Wildman–Crippen MR) is 70.2 cm³/mol. The zero-order valence-electron chi connectivity index (χ0n) is 11.3. The van der Waals surface area contributed by atoms with Crippen molar-refractivity contribution in [1.82, 2.24) is 0 Å². The van der Waals surface area contributed by atoms with Crippen molar-refractivity contribution >= 4 is 0 Å². The number of hydrogen-bond donors (Lipinski definition) is 1. The Bertz CT molecular complexity index is 284. The average molecular weight is 250 g/mol. The minimum Gasteiger partial charge on any atom is -0.392 e. The monoisotopic (exact) mass is 250 g/mol. The maximum absolute atomic E-state index is 11.0. The van der Waals surface area contributed by atoms with Gasteiger partial charge < -0.3 is 9.84 Å². The highest BCUT2D eigenvalue weighted by Gasteiger charge is 2.55. The number of rotatable bonds is 2. The van der Waals surface area contributed by atoms with Crippen LogP contribution < -0.4 is 0 Å². The molecule has 2 atom stereocenters. The van der Waals surface area contributed by atoms with Gasteiger partial charge in [-0.25, -0.2) is 0 Å². The maximum Gasteiger partial charge on any atom is 0.0646 e. The molecule has 5 rings (SSSR count). The van der Waals surface area contributed by atoms with Crippen LogP contribution in [0, 0.1) is 29.1 Å². The van der Waals surface area contributed by atoms with E-state index in [1.54, 1.807) is 0 Å². The summed E-state index contributed by atoms with van der Waals surface area (Å²) in [6, 6.07) is 0. The quantitative estimate of drug-likeness (QED) is 0.816. The lowest BCUT2D eigenvalue weighted by Crippen LogP contribution is -2.54. The Morgan fingerprint density at radius 3 is 2.11 bits per heavy atom. The van der Waals surface area contributed by atoms with Crippen molar-refractivity contribution in [1.29, 1.82) is 0 Å². The van der Waals surface area contributed by atoms with Gasteiger partial charge in [0.2, 0.25) is 0 Å². The molecule has 0 radical (unpaired) electrons. The van der Waals surface area contributed by atoms with Gasteiger partial charge in [-0.2, -0.15) is 0 Å². The van der Waals surface area contributed by atoms with Gasteiger partial charge in [0.05, 0.1) is 12.7 Å². The molecule has 1 aliphatic heterocycles. The lowest BCUT2D eigenvalue weighted by Gasteiger charge is -2.59. The van der Waals surface area contributed by atoms with Crippen LogP contribution >= 0.6 is 0 Å². The molecule has 2 heteroatoms. The normalized spacial score (nSPS) is 52.5. The molecule has 0 amide bonds. The highest BCUT2D eigenvalue weighted by atomic mass is 16.5. The molecule has 0 aromatic rings. The van der Waals surface area contributed by atoms with E-state index in [1.165, 1.54) is 44.9 Å². The van der Waals surface area contributed by atoms with Crippen LogP contribution in [0.25, 0.3) is 0 Å². The lowest BCUT2D eigenvalue weighted by molar-refractivity contribution is -0.152. The molecule has 0 spiro atoms. The van der Waals surface area contributed by atoms with Crippen LogP contribution in [0.2, 0.25) is 0 Å². The first-order chi connectivity index (χ1) is 8.75. The molecule has 1 N–H and O–H groups in total. The van der Waals surface area contributed by atoms with Crippen LogP contribution in [0.3, 0.4) is 0 Å². The summed E-state index contributed by atoms with van der Waals surface area (Å²) >= 11 is 0. The van der Waals surface area contributed by atoms with Gasteiger partial charge in [0.1, 0.15) is 0 Å².